The molecule has 188 valence electrons. The third kappa shape index (κ3) is 5.76. The molecule has 0 aliphatic carbocycles. The molecule has 0 atom stereocenters. The van der Waals surface area contributed by atoms with Gasteiger partial charge in [-0.1, -0.05) is 50.6 Å². The molecule has 0 fully saturated rings. The number of amides is 1. The molecular formula is C27H29ClFN5O2. The number of nitrogens with one attached hydrogen (secondary N) is 1. The van der Waals surface area contributed by atoms with Crippen molar-refractivity contribution in [2.45, 2.75) is 53.3 Å². The number of carbonyl (C=O) groups is 1. The van der Waals surface area contributed by atoms with E-state index in [0.29, 0.717) is 22.9 Å². The number of aryl methyl sites for hydroxylation is 1. The van der Waals surface area contributed by atoms with Crippen molar-refractivity contribution in [3.05, 3.63) is 93.8 Å². The summed E-state index contributed by atoms with van der Waals surface area (Å²) in [6, 6.07) is 13.8. The first-order valence-corrected chi connectivity index (χ1v) is 11.9. The average Bonchev–Trinajstić information content (AvgIpc) is 3.40. The molecule has 0 saturated heterocycles. The summed E-state index contributed by atoms with van der Waals surface area (Å²) in [6.07, 6.45) is 1.69. The predicted molar refractivity (Wildman–Crippen MR) is 138 cm³/mol. The van der Waals surface area contributed by atoms with Gasteiger partial charge in [-0.3, -0.25) is 9.48 Å². The molecule has 0 spiro atoms. The van der Waals surface area contributed by atoms with E-state index in [9.17, 15) is 9.18 Å². The summed E-state index contributed by atoms with van der Waals surface area (Å²) in [5.41, 5.74) is 4.29. The number of ether oxygens (including phenoxy) is 1. The minimum atomic E-state index is -0.395. The lowest BCUT2D eigenvalue weighted by Crippen LogP contribution is -2.15. The number of anilines is 1. The second-order valence-corrected chi connectivity index (χ2v) is 10.1. The molecule has 1 N–H and O–H groups in total. The molecule has 0 aliphatic heterocycles. The van der Waals surface area contributed by atoms with E-state index in [-0.39, 0.29) is 23.7 Å². The van der Waals surface area contributed by atoms with Crippen LogP contribution in [0.5, 0.6) is 5.75 Å². The lowest BCUT2D eigenvalue weighted by Gasteiger charge is -2.19. The quantitative estimate of drug-likeness (QED) is 0.325. The summed E-state index contributed by atoms with van der Waals surface area (Å²) in [5, 5.41) is 12.1. The van der Waals surface area contributed by atoms with Crippen molar-refractivity contribution in [3.8, 4) is 5.75 Å². The Balaban J connectivity index is 1.40. The number of hydrogen-bond donors (Lipinski definition) is 1. The van der Waals surface area contributed by atoms with Crippen LogP contribution in [0.3, 0.4) is 0 Å². The zero-order valence-corrected chi connectivity index (χ0v) is 21.7. The van der Waals surface area contributed by atoms with E-state index in [1.54, 1.807) is 27.7 Å². The van der Waals surface area contributed by atoms with Gasteiger partial charge >= 0.3 is 0 Å². The molecule has 9 heteroatoms. The Morgan fingerprint density at radius 1 is 1.08 bits per heavy atom. The Morgan fingerprint density at radius 3 is 2.47 bits per heavy atom. The second-order valence-electron chi connectivity index (χ2n) is 9.68. The highest BCUT2D eigenvalue weighted by atomic mass is 35.5. The average molecular weight is 510 g/mol. The standard InChI is InChI=1S/C27H29ClFN5O2/c1-17-25(18(2)34(31-17)15-19-6-9-21(29)14-23(19)28)30-26(35)24-12-13-33(32-24)16-36-22-10-7-20(8-11-22)27(3,4)5/h6-14H,15-16H2,1-5H3,(H,30,35). The van der Waals surface area contributed by atoms with Crippen LogP contribution in [0.25, 0.3) is 0 Å². The van der Waals surface area contributed by atoms with Crippen LogP contribution in [0, 0.1) is 19.7 Å². The number of hydrogen-bond acceptors (Lipinski definition) is 4. The van der Waals surface area contributed by atoms with Gasteiger partial charge in [0.2, 0.25) is 0 Å². The van der Waals surface area contributed by atoms with E-state index in [4.69, 9.17) is 16.3 Å². The number of halogens is 2. The van der Waals surface area contributed by atoms with Gasteiger partial charge in [0.25, 0.3) is 5.91 Å². The van der Waals surface area contributed by atoms with Gasteiger partial charge in [-0.25, -0.2) is 9.07 Å². The monoisotopic (exact) mass is 509 g/mol. The van der Waals surface area contributed by atoms with Crippen LogP contribution in [0.1, 0.15) is 53.8 Å². The van der Waals surface area contributed by atoms with Crippen molar-refractivity contribution in [3.63, 3.8) is 0 Å². The van der Waals surface area contributed by atoms with E-state index >= 15 is 0 Å². The molecule has 4 rings (SSSR count). The zero-order chi connectivity index (χ0) is 26.0. The number of nitrogens with zero attached hydrogens (tertiary/aromatic N) is 4. The molecule has 0 unspecified atom stereocenters. The predicted octanol–water partition coefficient (Wildman–Crippen LogP) is 6.12. The van der Waals surface area contributed by atoms with Crippen LogP contribution < -0.4 is 10.1 Å². The third-order valence-corrected chi connectivity index (χ3v) is 6.26. The largest absolute Gasteiger partial charge is 0.471 e. The van der Waals surface area contributed by atoms with Gasteiger partial charge in [0.1, 0.15) is 11.6 Å². The van der Waals surface area contributed by atoms with E-state index in [0.717, 1.165) is 17.0 Å². The molecule has 0 radical (unpaired) electrons. The Morgan fingerprint density at radius 2 is 1.81 bits per heavy atom. The Kier molecular flexibility index (Phi) is 7.17. The van der Waals surface area contributed by atoms with Gasteiger partial charge in [-0.2, -0.15) is 10.2 Å². The first-order valence-electron chi connectivity index (χ1n) is 11.6. The lowest BCUT2D eigenvalue weighted by molar-refractivity contribution is 0.102. The van der Waals surface area contributed by atoms with E-state index < -0.39 is 5.82 Å². The summed E-state index contributed by atoms with van der Waals surface area (Å²) in [7, 11) is 0. The summed E-state index contributed by atoms with van der Waals surface area (Å²) in [4.78, 5) is 12.9. The van der Waals surface area contributed by atoms with Crippen LogP contribution in [-0.4, -0.2) is 25.5 Å². The molecule has 0 bridgehead atoms. The molecule has 2 aromatic carbocycles. The number of benzene rings is 2. The van der Waals surface area contributed by atoms with Crippen LogP contribution in [0.15, 0.2) is 54.7 Å². The Bertz CT molecular complexity index is 1390. The van der Waals surface area contributed by atoms with Gasteiger partial charge in [-0.15, -0.1) is 0 Å². The third-order valence-electron chi connectivity index (χ3n) is 5.91. The number of carbonyl (C=O) groups excluding carboxylic acids is 1. The minimum Gasteiger partial charge on any atom is -0.471 e. The normalized spacial score (nSPS) is 11.5. The molecule has 2 aromatic heterocycles. The SMILES string of the molecule is Cc1nn(Cc2ccc(F)cc2Cl)c(C)c1NC(=O)c1ccn(COc2ccc(C(C)(C)C)cc2)n1. The zero-order valence-electron chi connectivity index (χ0n) is 21.0. The van der Waals surface area contributed by atoms with Crippen molar-refractivity contribution in [2.75, 3.05) is 5.32 Å². The Hall–Kier alpha value is -3.65. The first kappa shape index (κ1) is 25.4. The van der Waals surface area contributed by atoms with Gasteiger partial charge in [0.05, 0.1) is 23.6 Å². The topological polar surface area (TPSA) is 74.0 Å². The molecule has 4 aromatic rings. The van der Waals surface area contributed by atoms with Crippen molar-refractivity contribution < 1.29 is 13.9 Å². The van der Waals surface area contributed by atoms with Gasteiger partial charge < -0.3 is 10.1 Å². The highest BCUT2D eigenvalue weighted by Crippen LogP contribution is 2.25. The number of aromatic nitrogens is 4. The molecule has 7 nitrogen and oxygen atoms in total. The first-order chi connectivity index (χ1) is 17.0. The van der Waals surface area contributed by atoms with E-state index in [2.05, 4.69) is 36.3 Å². The Labute approximate surface area is 214 Å². The smallest absolute Gasteiger partial charge is 0.276 e. The molecular weight excluding hydrogens is 481 g/mol. The molecule has 36 heavy (non-hydrogen) atoms. The maximum atomic E-state index is 13.4. The fourth-order valence-electron chi connectivity index (χ4n) is 3.77. The van der Waals surface area contributed by atoms with Crippen LogP contribution in [0.4, 0.5) is 10.1 Å². The highest BCUT2D eigenvalue weighted by Gasteiger charge is 2.18. The number of rotatable bonds is 7. The molecule has 0 saturated carbocycles. The maximum absolute atomic E-state index is 13.4. The summed E-state index contributed by atoms with van der Waals surface area (Å²) < 4.78 is 22.5. The fraction of sp³-hybridized carbons (Fsp3) is 0.296. The van der Waals surface area contributed by atoms with Gasteiger partial charge in [-0.05, 0) is 60.7 Å². The van der Waals surface area contributed by atoms with Gasteiger partial charge in [0, 0.05) is 11.2 Å². The minimum absolute atomic E-state index is 0.0734. The maximum Gasteiger partial charge on any atom is 0.276 e. The van der Waals surface area contributed by atoms with Crippen molar-refractivity contribution >= 4 is 23.2 Å². The lowest BCUT2D eigenvalue weighted by atomic mass is 9.87. The molecule has 1 amide bonds. The van der Waals surface area contributed by atoms with Crippen LogP contribution >= 0.6 is 11.6 Å². The fourth-order valence-corrected chi connectivity index (χ4v) is 3.99. The van der Waals surface area contributed by atoms with Gasteiger partial charge in [0.15, 0.2) is 12.4 Å². The summed E-state index contributed by atoms with van der Waals surface area (Å²) in [6.45, 7) is 10.7. The van der Waals surface area contributed by atoms with Crippen LogP contribution in [-0.2, 0) is 18.7 Å². The van der Waals surface area contributed by atoms with E-state index in [1.165, 1.54) is 17.7 Å². The van der Waals surface area contributed by atoms with Crippen molar-refractivity contribution in [2.24, 2.45) is 0 Å². The van der Waals surface area contributed by atoms with Crippen LogP contribution in [0.2, 0.25) is 5.02 Å². The molecule has 2 heterocycles. The van der Waals surface area contributed by atoms with Crippen molar-refractivity contribution in [1.29, 1.82) is 0 Å². The van der Waals surface area contributed by atoms with Crippen molar-refractivity contribution in [1.82, 2.24) is 19.6 Å². The van der Waals surface area contributed by atoms with E-state index in [1.807, 2.05) is 38.1 Å². The second kappa shape index (κ2) is 10.1. The highest BCUT2D eigenvalue weighted by molar-refractivity contribution is 6.31. The summed E-state index contributed by atoms with van der Waals surface area (Å²) in [5.74, 6) is -0.0217. The molecule has 0 aliphatic rings. The summed E-state index contributed by atoms with van der Waals surface area (Å²) >= 11 is 6.16.